The minimum atomic E-state index is -0.782. The first-order valence-electron chi connectivity index (χ1n) is 6.04. The van der Waals surface area contributed by atoms with Gasteiger partial charge >= 0.3 is 0 Å². The van der Waals surface area contributed by atoms with Gasteiger partial charge in [0.15, 0.2) is 0 Å². The van der Waals surface area contributed by atoms with Gasteiger partial charge in [0.1, 0.15) is 5.92 Å². The molecule has 20 heavy (non-hydrogen) atoms. The Labute approximate surface area is 122 Å². The van der Waals surface area contributed by atoms with Crippen molar-refractivity contribution in [3.05, 3.63) is 59.4 Å². The van der Waals surface area contributed by atoms with Crippen molar-refractivity contribution >= 4 is 23.2 Å². The zero-order valence-electron chi connectivity index (χ0n) is 10.6. The van der Waals surface area contributed by atoms with E-state index in [1.54, 1.807) is 42.7 Å². The molecule has 1 aromatic carbocycles. The number of carbonyl (C=O) groups excluding carboxylic acids is 1. The number of nitrogens with one attached hydrogen (secondary N) is 1. The highest BCUT2D eigenvalue weighted by molar-refractivity contribution is 6.33. The lowest BCUT2D eigenvalue weighted by Gasteiger charge is -2.11. The van der Waals surface area contributed by atoms with Gasteiger partial charge in [0.05, 0.1) is 16.8 Å². The van der Waals surface area contributed by atoms with E-state index in [0.29, 0.717) is 17.1 Å². The molecule has 0 unspecified atom stereocenters. The van der Waals surface area contributed by atoms with Crippen molar-refractivity contribution in [1.82, 2.24) is 4.98 Å². The van der Waals surface area contributed by atoms with Crippen molar-refractivity contribution in [1.29, 1.82) is 5.26 Å². The molecular weight excluding hydrogens is 274 g/mol. The molecule has 0 spiro atoms. The normalized spacial score (nSPS) is 11.4. The molecule has 0 bridgehead atoms. The van der Waals surface area contributed by atoms with E-state index in [0.717, 1.165) is 5.56 Å². The topological polar surface area (TPSA) is 65.8 Å². The van der Waals surface area contributed by atoms with Crippen molar-refractivity contribution in [3.63, 3.8) is 0 Å². The van der Waals surface area contributed by atoms with Gasteiger partial charge in [-0.05, 0) is 30.2 Å². The lowest BCUT2D eigenvalue weighted by Crippen LogP contribution is -2.23. The first kappa shape index (κ1) is 14.0. The van der Waals surface area contributed by atoms with Gasteiger partial charge in [0, 0.05) is 12.4 Å². The highest BCUT2D eigenvalue weighted by Gasteiger charge is 2.19. The van der Waals surface area contributed by atoms with E-state index in [1.807, 2.05) is 12.1 Å². The highest BCUT2D eigenvalue weighted by Crippen LogP contribution is 2.21. The number of rotatable bonds is 4. The minimum absolute atomic E-state index is 0.320. The molecule has 0 aliphatic carbocycles. The van der Waals surface area contributed by atoms with Gasteiger partial charge < -0.3 is 5.32 Å². The Morgan fingerprint density at radius 1 is 1.35 bits per heavy atom. The fraction of sp³-hybridized carbons (Fsp3) is 0.133. The molecule has 1 amide bonds. The molecular formula is C15H12ClN3O. The quantitative estimate of drug-likeness (QED) is 0.939. The van der Waals surface area contributed by atoms with Crippen LogP contribution in [0.5, 0.6) is 0 Å². The number of hydrogen-bond acceptors (Lipinski definition) is 3. The van der Waals surface area contributed by atoms with E-state index in [9.17, 15) is 4.79 Å². The first-order chi connectivity index (χ1) is 9.70. The smallest absolute Gasteiger partial charge is 0.242 e. The Hall–Kier alpha value is -2.38. The molecule has 1 aromatic heterocycles. The van der Waals surface area contributed by atoms with Gasteiger partial charge in [-0.1, -0.05) is 29.8 Å². The molecule has 0 aliphatic rings. The third-order valence-corrected chi connectivity index (χ3v) is 3.10. The second-order valence-electron chi connectivity index (χ2n) is 4.22. The van der Waals surface area contributed by atoms with Crippen LogP contribution in [0.2, 0.25) is 5.02 Å². The van der Waals surface area contributed by atoms with Gasteiger partial charge in [-0.25, -0.2) is 0 Å². The fourth-order valence-corrected chi connectivity index (χ4v) is 1.92. The van der Waals surface area contributed by atoms with Crippen LogP contribution in [0.1, 0.15) is 5.56 Å². The van der Waals surface area contributed by atoms with Crippen LogP contribution in [0.15, 0.2) is 48.8 Å². The Balaban J connectivity index is 2.07. The maximum Gasteiger partial charge on any atom is 0.242 e. The number of nitrogens with zero attached hydrogens (tertiary/aromatic N) is 2. The average Bonchev–Trinajstić information content (AvgIpc) is 2.48. The van der Waals surface area contributed by atoms with E-state index in [4.69, 9.17) is 16.9 Å². The molecule has 4 nitrogen and oxygen atoms in total. The molecule has 2 aromatic rings. The zero-order chi connectivity index (χ0) is 14.4. The SMILES string of the molecule is N#C[C@H](Cc1cccnc1)C(=O)Nc1ccccc1Cl. The molecule has 100 valence electrons. The minimum Gasteiger partial charge on any atom is -0.324 e. The summed E-state index contributed by atoms with van der Waals surface area (Å²) in [5, 5.41) is 12.3. The molecule has 1 N–H and O–H groups in total. The van der Waals surface area contributed by atoms with E-state index in [1.165, 1.54) is 0 Å². The number of carbonyl (C=O) groups is 1. The summed E-state index contributed by atoms with van der Waals surface area (Å²) in [6.07, 6.45) is 3.61. The van der Waals surface area contributed by atoms with Crippen molar-refractivity contribution in [3.8, 4) is 6.07 Å². The fourth-order valence-electron chi connectivity index (χ4n) is 1.73. The Bertz CT molecular complexity index is 637. The van der Waals surface area contributed by atoms with E-state index >= 15 is 0 Å². The lowest BCUT2D eigenvalue weighted by molar-refractivity contribution is -0.118. The van der Waals surface area contributed by atoms with E-state index in [-0.39, 0.29) is 5.91 Å². The molecule has 0 aliphatic heterocycles. The number of benzene rings is 1. The number of para-hydroxylation sites is 1. The van der Waals surface area contributed by atoms with Crippen LogP contribution in [0.4, 0.5) is 5.69 Å². The number of anilines is 1. The van der Waals surface area contributed by atoms with Crippen LogP contribution >= 0.6 is 11.6 Å². The molecule has 2 rings (SSSR count). The van der Waals surface area contributed by atoms with E-state index in [2.05, 4.69) is 10.3 Å². The summed E-state index contributed by atoms with van der Waals surface area (Å²) in [6, 6.07) is 12.5. The summed E-state index contributed by atoms with van der Waals surface area (Å²) >= 11 is 5.97. The van der Waals surface area contributed by atoms with Gasteiger partial charge in [0.25, 0.3) is 0 Å². The number of hydrogen-bond donors (Lipinski definition) is 1. The molecule has 1 atom stereocenters. The summed E-state index contributed by atoms with van der Waals surface area (Å²) in [5.41, 5.74) is 1.35. The summed E-state index contributed by atoms with van der Waals surface area (Å²) < 4.78 is 0. The van der Waals surface area contributed by atoms with Gasteiger partial charge in [-0.15, -0.1) is 0 Å². The highest BCUT2D eigenvalue weighted by atomic mass is 35.5. The lowest BCUT2D eigenvalue weighted by atomic mass is 10.0. The average molecular weight is 286 g/mol. The molecule has 5 heteroatoms. The van der Waals surface area contributed by atoms with Crippen LogP contribution < -0.4 is 5.32 Å². The predicted molar refractivity (Wildman–Crippen MR) is 77.1 cm³/mol. The maximum atomic E-state index is 12.1. The third kappa shape index (κ3) is 3.56. The van der Waals surface area contributed by atoms with Crippen LogP contribution in [0.3, 0.4) is 0 Å². The Kier molecular flexibility index (Phi) is 4.70. The Morgan fingerprint density at radius 3 is 2.80 bits per heavy atom. The van der Waals surface area contributed by atoms with Crippen molar-refractivity contribution < 1.29 is 4.79 Å². The predicted octanol–water partition coefficient (Wildman–Crippen LogP) is 3.06. The van der Waals surface area contributed by atoms with Crippen LogP contribution in [-0.2, 0) is 11.2 Å². The standard InChI is InChI=1S/C15H12ClN3O/c16-13-5-1-2-6-14(13)19-15(20)12(9-17)8-11-4-3-7-18-10-11/h1-7,10,12H,8H2,(H,19,20)/t12-/m0/s1. The summed E-state index contributed by atoms with van der Waals surface area (Å²) in [4.78, 5) is 16.1. The number of pyridine rings is 1. The molecule has 0 saturated carbocycles. The molecule has 0 fully saturated rings. The van der Waals surface area contributed by atoms with Gasteiger partial charge in [-0.2, -0.15) is 5.26 Å². The van der Waals surface area contributed by atoms with Crippen LogP contribution in [0, 0.1) is 17.2 Å². The largest absolute Gasteiger partial charge is 0.324 e. The van der Waals surface area contributed by atoms with Gasteiger partial charge in [-0.3, -0.25) is 9.78 Å². The maximum absolute atomic E-state index is 12.1. The summed E-state index contributed by atoms with van der Waals surface area (Å²) in [5.74, 6) is -1.15. The second-order valence-corrected chi connectivity index (χ2v) is 4.62. The third-order valence-electron chi connectivity index (χ3n) is 2.77. The molecule has 0 radical (unpaired) electrons. The summed E-state index contributed by atoms with van der Waals surface area (Å²) in [6.45, 7) is 0. The van der Waals surface area contributed by atoms with Crippen molar-refractivity contribution in [2.45, 2.75) is 6.42 Å². The van der Waals surface area contributed by atoms with Gasteiger partial charge in [0.2, 0.25) is 5.91 Å². The number of aromatic nitrogens is 1. The van der Waals surface area contributed by atoms with Crippen LogP contribution in [-0.4, -0.2) is 10.9 Å². The first-order valence-corrected chi connectivity index (χ1v) is 6.42. The van der Waals surface area contributed by atoms with E-state index < -0.39 is 5.92 Å². The number of halogens is 1. The number of amides is 1. The zero-order valence-corrected chi connectivity index (χ0v) is 11.3. The Morgan fingerprint density at radius 2 is 2.15 bits per heavy atom. The van der Waals surface area contributed by atoms with Crippen LogP contribution in [0.25, 0.3) is 0 Å². The molecule has 0 saturated heterocycles. The monoisotopic (exact) mass is 285 g/mol. The van der Waals surface area contributed by atoms with Crippen molar-refractivity contribution in [2.24, 2.45) is 5.92 Å². The summed E-state index contributed by atoms with van der Waals surface area (Å²) in [7, 11) is 0. The second kappa shape index (κ2) is 6.69. The number of nitriles is 1. The van der Waals surface area contributed by atoms with Crippen molar-refractivity contribution in [2.75, 3.05) is 5.32 Å². The molecule has 1 heterocycles.